The van der Waals surface area contributed by atoms with Gasteiger partial charge in [-0.15, -0.1) is 0 Å². The molecule has 0 unspecified atom stereocenters. The topological polar surface area (TPSA) is 29.1 Å². The van der Waals surface area contributed by atoms with Gasteiger partial charge in [0.25, 0.3) is 5.91 Å². The molecule has 145 valence electrons. The number of rotatable bonds is 13. The van der Waals surface area contributed by atoms with E-state index in [0.29, 0.717) is 0 Å². The van der Waals surface area contributed by atoms with Gasteiger partial charge in [-0.2, -0.15) is 0 Å². The average Bonchev–Trinajstić information content (AvgIpc) is 2.72. The van der Waals surface area contributed by atoms with Crippen molar-refractivity contribution in [2.24, 2.45) is 0 Å². The van der Waals surface area contributed by atoms with Crippen LogP contribution in [-0.4, -0.2) is 12.5 Å². The number of nitrogens with one attached hydrogen (secondary N) is 1. The van der Waals surface area contributed by atoms with Crippen LogP contribution >= 0.6 is 0 Å². The molecule has 2 heteroatoms. The van der Waals surface area contributed by atoms with Crippen molar-refractivity contribution in [3.05, 3.63) is 60.2 Å². The van der Waals surface area contributed by atoms with Crippen LogP contribution in [0.15, 0.2) is 48.5 Å². The Kier molecular flexibility index (Phi) is 10.3. The Labute approximate surface area is 165 Å². The van der Waals surface area contributed by atoms with E-state index in [-0.39, 0.29) is 5.91 Å². The standard InChI is InChI=1S/C25H34NO/c1-2-3-4-5-6-7-8-9-10-14-21-26-25(27)24-19-17-23(18-20-24)22-15-12-11-13-16-22/h12-13,15-20H,2-10,14,21H2,1H3,(H,26,27). The second-order valence-electron chi connectivity index (χ2n) is 7.30. The molecule has 1 amide bonds. The zero-order chi connectivity index (χ0) is 19.2. The maximum Gasteiger partial charge on any atom is 0.251 e. The predicted octanol–water partition coefficient (Wildman–Crippen LogP) is 6.80. The minimum absolute atomic E-state index is 0.0267. The fourth-order valence-corrected chi connectivity index (χ4v) is 3.31. The van der Waals surface area contributed by atoms with E-state index in [1.165, 1.54) is 57.8 Å². The Balaban J connectivity index is 1.56. The Bertz CT molecular complexity index is 633. The second-order valence-corrected chi connectivity index (χ2v) is 7.30. The lowest BCUT2D eigenvalue weighted by Crippen LogP contribution is -2.24. The van der Waals surface area contributed by atoms with Gasteiger partial charge < -0.3 is 5.32 Å². The maximum absolute atomic E-state index is 12.2. The van der Waals surface area contributed by atoms with Gasteiger partial charge in [0.1, 0.15) is 0 Å². The van der Waals surface area contributed by atoms with Crippen LogP contribution in [-0.2, 0) is 0 Å². The predicted molar refractivity (Wildman–Crippen MR) is 115 cm³/mol. The van der Waals surface area contributed by atoms with Crippen molar-refractivity contribution in [2.45, 2.75) is 71.1 Å². The van der Waals surface area contributed by atoms with E-state index >= 15 is 0 Å². The molecule has 0 saturated heterocycles. The zero-order valence-electron chi connectivity index (χ0n) is 16.8. The van der Waals surface area contributed by atoms with Gasteiger partial charge in [0.2, 0.25) is 0 Å². The molecular weight excluding hydrogens is 330 g/mol. The summed E-state index contributed by atoms with van der Waals surface area (Å²) in [7, 11) is 0. The Hall–Kier alpha value is -2.09. The van der Waals surface area contributed by atoms with Crippen molar-refractivity contribution in [3.8, 4) is 11.1 Å². The third kappa shape index (κ3) is 8.43. The molecule has 2 nitrogen and oxygen atoms in total. The molecule has 0 bridgehead atoms. The summed E-state index contributed by atoms with van der Waals surface area (Å²) in [4.78, 5) is 12.2. The average molecular weight is 365 g/mol. The molecule has 0 heterocycles. The molecule has 0 aliphatic carbocycles. The Morgan fingerprint density at radius 1 is 0.741 bits per heavy atom. The van der Waals surface area contributed by atoms with Gasteiger partial charge in [-0.3, -0.25) is 4.79 Å². The first kappa shape index (κ1) is 21.2. The zero-order valence-corrected chi connectivity index (χ0v) is 16.8. The third-order valence-electron chi connectivity index (χ3n) is 5.01. The highest BCUT2D eigenvalue weighted by atomic mass is 16.1. The highest BCUT2D eigenvalue weighted by molar-refractivity contribution is 5.94. The fourth-order valence-electron chi connectivity index (χ4n) is 3.31. The van der Waals surface area contributed by atoms with Gasteiger partial charge >= 0.3 is 0 Å². The third-order valence-corrected chi connectivity index (χ3v) is 5.01. The summed E-state index contributed by atoms with van der Waals surface area (Å²) in [5.74, 6) is 0.0267. The SMILES string of the molecule is CCCCCCCCCCCCNC(=O)c1ccc(-c2cc[c]cc2)cc1. The molecular formula is C25H34NO. The van der Waals surface area contributed by atoms with Gasteiger partial charge in [-0.25, -0.2) is 0 Å². The monoisotopic (exact) mass is 364 g/mol. The summed E-state index contributed by atoms with van der Waals surface area (Å²) < 4.78 is 0. The van der Waals surface area contributed by atoms with Gasteiger partial charge in [-0.1, -0.05) is 101 Å². The van der Waals surface area contributed by atoms with Crippen LogP contribution in [0.5, 0.6) is 0 Å². The summed E-state index contributed by atoms with van der Waals surface area (Å²) in [6.07, 6.45) is 13.1. The lowest BCUT2D eigenvalue weighted by molar-refractivity contribution is 0.0953. The molecule has 27 heavy (non-hydrogen) atoms. The summed E-state index contributed by atoms with van der Waals surface area (Å²) in [5, 5.41) is 3.04. The summed E-state index contributed by atoms with van der Waals surface area (Å²) in [6, 6.07) is 18.7. The number of amides is 1. The van der Waals surface area contributed by atoms with Crippen molar-refractivity contribution in [2.75, 3.05) is 6.54 Å². The molecule has 0 saturated carbocycles. The van der Waals surface area contributed by atoms with Crippen molar-refractivity contribution >= 4 is 5.91 Å². The number of benzene rings is 2. The quantitative estimate of drug-likeness (QED) is 0.389. The minimum atomic E-state index is 0.0267. The van der Waals surface area contributed by atoms with Crippen LogP contribution in [0.3, 0.4) is 0 Å². The van der Waals surface area contributed by atoms with E-state index in [4.69, 9.17) is 0 Å². The fraction of sp³-hybridized carbons (Fsp3) is 0.480. The lowest BCUT2D eigenvalue weighted by Gasteiger charge is -2.07. The number of unbranched alkanes of at least 4 members (excludes halogenated alkanes) is 9. The first-order chi connectivity index (χ1) is 13.3. The molecule has 0 fully saturated rings. The largest absolute Gasteiger partial charge is 0.352 e. The molecule has 1 radical (unpaired) electrons. The van der Waals surface area contributed by atoms with Crippen LogP contribution in [0.2, 0.25) is 0 Å². The smallest absolute Gasteiger partial charge is 0.251 e. The van der Waals surface area contributed by atoms with Gasteiger partial charge in [0.15, 0.2) is 0 Å². The number of carbonyl (C=O) groups excluding carboxylic acids is 1. The van der Waals surface area contributed by atoms with Crippen molar-refractivity contribution in [1.29, 1.82) is 0 Å². The first-order valence-electron chi connectivity index (χ1n) is 10.7. The van der Waals surface area contributed by atoms with Gasteiger partial charge in [0, 0.05) is 12.1 Å². The second kappa shape index (κ2) is 13.1. The molecule has 2 aromatic rings. The molecule has 1 N–H and O–H groups in total. The lowest BCUT2D eigenvalue weighted by atomic mass is 10.0. The minimum Gasteiger partial charge on any atom is -0.352 e. The first-order valence-corrected chi connectivity index (χ1v) is 10.7. The molecule has 0 atom stereocenters. The molecule has 0 aliphatic rings. The van der Waals surface area contributed by atoms with Crippen molar-refractivity contribution in [3.63, 3.8) is 0 Å². The van der Waals surface area contributed by atoms with E-state index in [1.54, 1.807) is 0 Å². The van der Waals surface area contributed by atoms with Crippen LogP contribution in [0.4, 0.5) is 0 Å². The number of hydrogen-bond donors (Lipinski definition) is 1. The highest BCUT2D eigenvalue weighted by Gasteiger charge is 2.05. The molecule has 2 rings (SSSR count). The van der Waals surface area contributed by atoms with Crippen LogP contribution < -0.4 is 5.32 Å². The maximum atomic E-state index is 12.2. The van der Waals surface area contributed by atoms with Crippen molar-refractivity contribution in [1.82, 2.24) is 5.32 Å². The van der Waals surface area contributed by atoms with E-state index < -0.39 is 0 Å². The molecule has 0 aliphatic heterocycles. The summed E-state index contributed by atoms with van der Waals surface area (Å²) in [5.41, 5.74) is 3.00. The van der Waals surface area contributed by atoms with Gasteiger partial charge in [0.05, 0.1) is 0 Å². The number of hydrogen-bond acceptors (Lipinski definition) is 1. The highest BCUT2D eigenvalue weighted by Crippen LogP contribution is 2.19. The van der Waals surface area contributed by atoms with Crippen molar-refractivity contribution < 1.29 is 4.79 Å². The van der Waals surface area contributed by atoms with Crippen LogP contribution in [0, 0.1) is 6.07 Å². The Morgan fingerprint density at radius 3 is 1.85 bits per heavy atom. The Morgan fingerprint density at radius 2 is 1.26 bits per heavy atom. The molecule has 0 aromatic heterocycles. The van der Waals surface area contributed by atoms with Crippen LogP contribution in [0.25, 0.3) is 11.1 Å². The van der Waals surface area contributed by atoms with E-state index in [1.807, 2.05) is 48.5 Å². The van der Waals surface area contributed by atoms with E-state index in [9.17, 15) is 4.79 Å². The van der Waals surface area contributed by atoms with E-state index in [2.05, 4.69) is 18.3 Å². The van der Waals surface area contributed by atoms with Crippen LogP contribution in [0.1, 0.15) is 81.5 Å². The van der Waals surface area contributed by atoms with E-state index in [0.717, 1.165) is 29.7 Å². The molecule has 0 spiro atoms. The number of carbonyl (C=O) groups is 1. The molecule has 2 aromatic carbocycles. The normalized spacial score (nSPS) is 10.7. The summed E-state index contributed by atoms with van der Waals surface area (Å²) in [6.45, 7) is 3.03. The van der Waals surface area contributed by atoms with Gasteiger partial charge in [-0.05, 0) is 35.7 Å². The summed E-state index contributed by atoms with van der Waals surface area (Å²) >= 11 is 0.